The molecule has 36 valence electrons. The first kappa shape index (κ1) is 6.30. The summed E-state index contributed by atoms with van der Waals surface area (Å²) in [7, 11) is 0. The third-order valence-corrected chi connectivity index (χ3v) is 0.685. The van der Waals surface area contributed by atoms with Gasteiger partial charge in [-0.3, -0.25) is 0 Å². The normalized spacial score (nSPS) is 8.17. The average molecular weight is 128 g/mol. The van der Waals surface area contributed by atoms with E-state index in [1.165, 1.54) is 0 Å². The van der Waals surface area contributed by atoms with Crippen LogP contribution in [-0.2, 0) is 23.9 Å². The number of rotatable bonds is 3. The molecule has 4 heteroatoms. The third kappa shape index (κ3) is 4.30. The monoisotopic (exact) mass is 128 g/mol. The van der Waals surface area contributed by atoms with Crippen LogP contribution in [0, 0.1) is 0 Å². The van der Waals surface area contributed by atoms with Gasteiger partial charge in [0.15, 0.2) is 0 Å². The summed E-state index contributed by atoms with van der Waals surface area (Å²) in [5, 5.41) is 7.95. The maximum atomic E-state index is 9.45. The van der Waals surface area contributed by atoms with Crippen molar-refractivity contribution in [3.05, 3.63) is 0 Å². The van der Waals surface area contributed by atoms with Crippen molar-refractivity contribution in [2.75, 3.05) is 13.2 Å². The molecule has 0 spiro atoms. The van der Waals surface area contributed by atoms with Crippen molar-refractivity contribution in [1.82, 2.24) is 0 Å². The first-order valence-corrected chi connectivity index (χ1v) is 2.61. The van der Waals surface area contributed by atoms with Crippen molar-refractivity contribution in [2.24, 2.45) is 0 Å². The van der Waals surface area contributed by atoms with E-state index in [9.17, 15) is 3.67 Å². The van der Waals surface area contributed by atoms with E-state index in [-0.39, 0.29) is 13.2 Å². The number of hydrogen-bond acceptors (Lipinski definition) is 3. The Bertz CT molecular complexity index is 37.8. The summed E-state index contributed by atoms with van der Waals surface area (Å²) in [6, 6.07) is 0. The first-order valence-electron chi connectivity index (χ1n) is 1.47. The van der Waals surface area contributed by atoms with Gasteiger partial charge >= 0.3 is 42.2 Å². The van der Waals surface area contributed by atoms with Crippen LogP contribution in [-0.4, -0.2) is 18.3 Å². The summed E-state index contributed by atoms with van der Waals surface area (Å²) in [5.41, 5.74) is 0. The van der Waals surface area contributed by atoms with E-state index in [0.717, 1.165) is 0 Å². The molecule has 0 radical (unpaired) electrons. The van der Waals surface area contributed by atoms with Gasteiger partial charge in [0.1, 0.15) is 0 Å². The van der Waals surface area contributed by atoms with E-state index in [1.807, 2.05) is 0 Å². The maximum absolute atomic E-state index is 9.45. The Hall–Kier alpha value is 0.304. The second-order valence-electron chi connectivity index (χ2n) is 0.631. The Labute approximate surface area is 43.0 Å². The van der Waals surface area contributed by atoms with Crippen molar-refractivity contribution in [3.8, 4) is 0 Å². The summed E-state index contributed by atoms with van der Waals surface area (Å²) in [6.07, 6.45) is 0. The molecular formula is C2H5O3V. The Morgan fingerprint density at radius 3 is 2.67 bits per heavy atom. The molecule has 0 saturated heterocycles. The fourth-order valence-corrected chi connectivity index (χ4v) is 0.322. The third-order valence-electron chi connectivity index (χ3n) is 0.235. The Morgan fingerprint density at radius 2 is 2.50 bits per heavy atom. The standard InChI is InChI=1S/C2H5O2.O.V/c3-1-2-4;;/h3H,1-2H2;;/q-1;;+1. The minimum atomic E-state index is -1.20. The summed E-state index contributed by atoms with van der Waals surface area (Å²) >= 11 is -1.20. The summed E-state index contributed by atoms with van der Waals surface area (Å²) < 4.78 is 13.7. The van der Waals surface area contributed by atoms with E-state index in [0.29, 0.717) is 0 Å². The van der Waals surface area contributed by atoms with E-state index in [4.69, 9.17) is 5.11 Å². The van der Waals surface area contributed by atoms with Crippen molar-refractivity contribution < 1.29 is 29.0 Å². The Morgan fingerprint density at radius 1 is 1.83 bits per heavy atom. The summed E-state index contributed by atoms with van der Waals surface area (Å²) in [5.74, 6) is 0. The van der Waals surface area contributed by atoms with Crippen LogP contribution in [0.5, 0.6) is 0 Å². The second kappa shape index (κ2) is 5.30. The molecule has 0 aliphatic carbocycles. The zero-order valence-electron chi connectivity index (χ0n) is 3.13. The van der Waals surface area contributed by atoms with Crippen LogP contribution in [0.25, 0.3) is 0 Å². The molecule has 0 heterocycles. The van der Waals surface area contributed by atoms with E-state index in [2.05, 4.69) is 3.66 Å². The molecule has 6 heavy (non-hydrogen) atoms. The van der Waals surface area contributed by atoms with Gasteiger partial charge in [0.25, 0.3) is 0 Å². The minimum absolute atomic E-state index is 0.0438. The predicted octanol–water partition coefficient (Wildman–Crippen LogP) is -0.662. The van der Waals surface area contributed by atoms with E-state index < -0.39 is 16.6 Å². The topological polar surface area (TPSA) is 46.5 Å². The zero-order chi connectivity index (χ0) is 4.83. The van der Waals surface area contributed by atoms with Crippen LogP contribution in [0.15, 0.2) is 0 Å². The van der Waals surface area contributed by atoms with Crippen LogP contribution in [0.2, 0.25) is 0 Å². The molecule has 0 atom stereocenters. The molecule has 0 aliphatic heterocycles. The molecule has 0 unspecified atom stereocenters. The Balaban J connectivity index is 2.49. The SMILES string of the molecule is [O]=[V][O]CCO. The molecule has 0 aromatic carbocycles. The molecule has 0 saturated carbocycles. The van der Waals surface area contributed by atoms with Gasteiger partial charge in [0.05, 0.1) is 0 Å². The number of hydrogen-bond donors (Lipinski definition) is 1. The Kier molecular flexibility index (Phi) is 5.57. The molecule has 0 amide bonds. The van der Waals surface area contributed by atoms with Crippen molar-refractivity contribution >= 4 is 0 Å². The molecule has 3 nitrogen and oxygen atoms in total. The zero-order valence-corrected chi connectivity index (χ0v) is 4.52. The number of aliphatic hydroxyl groups is 1. The quantitative estimate of drug-likeness (QED) is 0.513. The summed E-state index contributed by atoms with van der Waals surface area (Å²) in [6.45, 7) is 0.154. The van der Waals surface area contributed by atoms with Crippen molar-refractivity contribution in [2.45, 2.75) is 0 Å². The van der Waals surface area contributed by atoms with E-state index >= 15 is 0 Å². The molecule has 0 aliphatic rings. The molecule has 1 N–H and O–H groups in total. The van der Waals surface area contributed by atoms with Gasteiger partial charge in [-0.05, 0) is 0 Å². The van der Waals surface area contributed by atoms with Crippen LogP contribution in [0.1, 0.15) is 0 Å². The van der Waals surface area contributed by atoms with Gasteiger partial charge < -0.3 is 0 Å². The second-order valence-corrected chi connectivity index (χ2v) is 1.27. The van der Waals surface area contributed by atoms with Crippen LogP contribution in [0.3, 0.4) is 0 Å². The summed E-state index contributed by atoms with van der Waals surface area (Å²) in [4.78, 5) is 0. The van der Waals surface area contributed by atoms with E-state index in [1.54, 1.807) is 0 Å². The van der Waals surface area contributed by atoms with Gasteiger partial charge in [-0.15, -0.1) is 0 Å². The molecule has 0 rings (SSSR count). The van der Waals surface area contributed by atoms with Gasteiger partial charge in [-0.25, -0.2) is 0 Å². The van der Waals surface area contributed by atoms with Gasteiger partial charge in [0.2, 0.25) is 0 Å². The fraction of sp³-hybridized carbons (Fsp3) is 1.00. The molecule has 0 bridgehead atoms. The number of aliphatic hydroxyl groups excluding tert-OH is 1. The molecule has 0 fully saturated rings. The first-order chi connectivity index (χ1) is 2.91. The molecule has 0 aromatic heterocycles. The van der Waals surface area contributed by atoms with Crippen molar-refractivity contribution in [3.63, 3.8) is 0 Å². The van der Waals surface area contributed by atoms with Crippen LogP contribution < -0.4 is 0 Å². The predicted molar refractivity (Wildman–Crippen MR) is 13.7 cm³/mol. The van der Waals surface area contributed by atoms with Gasteiger partial charge in [-0.1, -0.05) is 0 Å². The molecule has 0 aromatic rings. The fourth-order valence-electron chi connectivity index (χ4n) is 0.0781. The van der Waals surface area contributed by atoms with Crippen molar-refractivity contribution in [1.29, 1.82) is 0 Å². The van der Waals surface area contributed by atoms with Crippen LogP contribution >= 0.6 is 0 Å². The van der Waals surface area contributed by atoms with Crippen LogP contribution in [0.4, 0.5) is 0 Å². The van der Waals surface area contributed by atoms with Gasteiger partial charge in [0, 0.05) is 0 Å². The molecular weight excluding hydrogens is 123 g/mol. The van der Waals surface area contributed by atoms with Gasteiger partial charge in [-0.2, -0.15) is 0 Å². The average Bonchev–Trinajstić information content (AvgIpc) is 1.61.